The molecule has 142 valence electrons. The summed E-state index contributed by atoms with van der Waals surface area (Å²) in [7, 11) is 0. The van der Waals surface area contributed by atoms with Crippen LogP contribution < -0.4 is 0 Å². The Morgan fingerprint density at radius 2 is 1.63 bits per heavy atom. The smallest absolute Gasteiger partial charge is 0.164 e. The van der Waals surface area contributed by atoms with Gasteiger partial charge < -0.3 is 4.90 Å². The zero-order valence-corrected chi connectivity index (χ0v) is 16.3. The number of carbonyl (C=O) groups excluding carboxylic acids is 1. The Labute approximate surface area is 163 Å². The molecule has 0 radical (unpaired) electrons. The fraction of sp³-hybridized carbons (Fsp3) is 0.480. The molecule has 2 aliphatic rings. The van der Waals surface area contributed by atoms with Gasteiger partial charge in [0.2, 0.25) is 0 Å². The van der Waals surface area contributed by atoms with E-state index in [2.05, 4.69) is 35.2 Å². The Hall–Kier alpha value is -1.93. The maximum absolute atomic E-state index is 12.5. The van der Waals surface area contributed by atoms with E-state index in [1.807, 2.05) is 30.3 Å². The van der Waals surface area contributed by atoms with Crippen LogP contribution in [0.5, 0.6) is 0 Å². The Kier molecular flexibility index (Phi) is 5.73. The van der Waals surface area contributed by atoms with Gasteiger partial charge in [0.1, 0.15) is 0 Å². The molecule has 2 unspecified atom stereocenters. The SMILES string of the molecule is O=C(CCN1CCCC2(c3ccccc3)CCCCC2C1)c1ccccc1. The molecule has 1 aliphatic heterocycles. The number of carbonyl (C=O) groups is 1. The summed E-state index contributed by atoms with van der Waals surface area (Å²) in [5.74, 6) is 1.00. The van der Waals surface area contributed by atoms with Crippen molar-refractivity contribution in [1.29, 1.82) is 0 Å². The molecule has 2 fully saturated rings. The third-order valence-corrected chi connectivity index (χ3v) is 6.88. The number of nitrogens with zero attached hydrogens (tertiary/aromatic N) is 1. The molecular weight excluding hydrogens is 330 g/mol. The van der Waals surface area contributed by atoms with Gasteiger partial charge in [0.15, 0.2) is 5.78 Å². The highest BCUT2D eigenvalue weighted by Crippen LogP contribution is 2.48. The van der Waals surface area contributed by atoms with Gasteiger partial charge >= 0.3 is 0 Å². The van der Waals surface area contributed by atoms with Crippen molar-refractivity contribution < 1.29 is 4.79 Å². The minimum atomic E-state index is 0.276. The minimum Gasteiger partial charge on any atom is -0.303 e. The minimum absolute atomic E-state index is 0.276. The molecule has 1 heterocycles. The van der Waals surface area contributed by atoms with Crippen molar-refractivity contribution >= 4 is 5.78 Å². The van der Waals surface area contributed by atoms with E-state index in [1.165, 1.54) is 38.5 Å². The van der Waals surface area contributed by atoms with E-state index in [-0.39, 0.29) is 5.78 Å². The third kappa shape index (κ3) is 4.01. The van der Waals surface area contributed by atoms with Crippen LogP contribution in [0.25, 0.3) is 0 Å². The summed E-state index contributed by atoms with van der Waals surface area (Å²) < 4.78 is 0. The molecule has 1 saturated heterocycles. The summed E-state index contributed by atoms with van der Waals surface area (Å²) in [6.07, 6.45) is 8.55. The van der Waals surface area contributed by atoms with E-state index in [1.54, 1.807) is 5.56 Å². The molecule has 4 rings (SSSR count). The lowest BCUT2D eigenvalue weighted by molar-refractivity contribution is 0.0952. The topological polar surface area (TPSA) is 20.3 Å². The normalized spacial score (nSPS) is 26.1. The van der Waals surface area contributed by atoms with Crippen LogP contribution in [0.2, 0.25) is 0 Å². The van der Waals surface area contributed by atoms with Gasteiger partial charge in [0.25, 0.3) is 0 Å². The van der Waals surface area contributed by atoms with Gasteiger partial charge in [-0.05, 0) is 49.1 Å². The Morgan fingerprint density at radius 3 is 2.41 bits per heavy atom. The highest BCUT2D eigenvalue weighted by molar-refractivity contribution is 5.96. The van der Waals surface area contributed by atoms with Gasteiger partial charge in [-0.15, -0.1) is 0 Å². The van der Waals surface area contributed by atoms with Crippen molar-refractivity contribution in [2.75, 3.05) is 19.6 Å². The number of likely N-dealkylation sites (tertiary alicyclic amines) is 1. The van der Waals surface area contributed by atoms with Crippen molar-refractivity contribution in [3.05, 3.63) is 71.8 Å². The number of hydrogen-bond acceptors (Lipinski definition) is 2. The zero-order chi connectivity index (χ0) is 18.5. The summed E-state index contributed by atoms with van der Waals surface area (Å²) in [5.41, 5.74) is 2.76. The molecule has 1 aliphatic carbocycles. The number of fused-ring (bicyclic) bond motifs is 1. The number of ketones is 1. The molecule has 2 aromatic carbocycles. The maximum Gasteiger partial charge on any atom is 0.164 e. The molecule has 0 spiro atoms. The van der Waals surface area contributed by atoms with E-state index >= 15 is 0 Å². The van der Waals surface area contributed by atoms with Crippen LogP contribution >= 0.6 is 0 Å². The summed E-state index contributed by atoms with van der Waals surface area (Å²) in [4.78, 5) is 15.1. The molecule has 27 heavy (non-hydrogen) atoms. The molecule has 0 amide bonds. The van der Waals surface area contributed by atoms with Gasteiger partial charge in [-0.2, -0.15) is 0 Å². The van der Waals surface area contributed by atoms with Crippen molar-refractivity contribution in [2.45, 2.75) is 50.4 Å². The summed E-state index contributed by atoms with van der Waals surface area (Å²) in [5, 5.41) is 0. The highest BCUT2D eigenvalue weighted by Gasteiger charge is 2.43. The fourth-order valence-electron chi connectivity index (χ4n) is 5.45. The largest absolute Gasteiger partial charge is 0.303 e. The summed E-state index contributed by atoms with van der Waals surface area (Å²) in [6, 6.07) is 21.0. The van der Waals surface area contributed by atoms with E-state index in [0.29, 0.717) is 11.8 Å². The van der Waals surface area contributed by atoms with Crippen LogP contribution in [0.15, 0.2) is 60.7 Å². The maximum atomic E-state index is 12.5. The average molecular weight is 362 g/mol. The molecule has 2 atom stereocenters. The predicted molar refractivity (Wildman–Crippen MR) is 111 cm³/mol. The first kappa shape index (κ1) is 18.4. The van der Waals surface area contributed by atoms with Gasteiger partial charge in [-0.3, -0.25) is 4.79 Å². The average Bonchev–Trinajstić information content (AvgIpc) is 2.93. The fourth-order valence-corrected chi connectivity index (χ4v) is 5.45. The van der Waals surface area contributed by atoms with Crippen molar-refractivity contribution in [3.8, 4) is 0 Å². The lowest BCUT2D eigenvalue weighted by Crippen LogP contribution is -2.42. The Bertz CT molecular complexity index is 741. The lowest BCUT2D eigenvalue weighted by Gasteiger charge is -2.45. The number of hydrogen-bond donors (Lipinski definition) is 0. The first-order valence-electron chi connectivity index (χ1n) is 10.6. The number of Topliss-reactive ketones (excluding diaryl/α,β-unsaturated/α-hetero) is 1. The second-order valence-corrected chi connectivity index (χ2v) is 8.41. The van der Waals surface area contributed by atoms with Crippen LogP contribution in [0.1, 0.15) is 60.9 Å². The standard InChI is InChI=1S/C25H31NO/c27-24(21-10-3-1-4-11-21)15-19-26-18-9-17-25(22-12-5-2-6-13-22)16-8-7-14-23(25)20-26/h1-6,10-13,23H,7-9,14-20H2. The predicted octanol–water partition coefficient (Wildman–Crippen LogP) is 5.48. The lowest BCUT2D eigenvalue weighted by atomic mass is 9.61. The zero-order valence-electron chi connectivity index (χ0n) is 16.3. The molecule has 2 nitrogen and oxygen atoms in total. The molecular formula is C25H31NO. The van der Waals surface area contributed by atoms with E-state index < -0.39 is 0 Å². The second kappa shape index (κ2) is 8.39. The van der Waals surface area contributed by atoms with Crippen molar-refractivity contribution in [3.63, 3.8) is 0 Å². The van der Waals surface area contributed by atoms with Crippen LogP contribution in [-0.2, 0) is 5.41 Å². The van der Waals surface area contributed by atoms with E-state index in [0.717, 1.165) is 31.1 Å². The van der Waals surface area contributed by atoms with Gasteiger partial charge in [-0.25, -0.2) is 0 Å². The number of rotatable bonds is 5. The molecule has 0 bridgehead atoms. The summed E-state index contributed by atoms with van der Waals surface area (Å²) in [6.45, 7) is 3.18. The van der Waals surface area contributed by atoms with Gasteiger partial charge in [0.05, 0.1) is 0 Å². The third-order valence-electron chi connectivity index (χ3n) is 6.88. The van der Waals surface area contributed by atoms with Crippen LogP contribution in [-0.4, -0.2) is 30.3 Å². The van der Waals surface area contributed by atoms with Crippen LogP contribution in [0.3, 0.4) is 0 Å². The number of benzene rings is 2. The first-order chi connectivity index (χ1) is 13.3. The molecule has 0 aromatic heterocycles. The summed E-state index contributed by atoms with van der Waals surface area (Å²) >= 11 is 0. The van der Waals surface area contributed by atoms with Crippen LogP contribution in [0, 0.1) is 5.92 Å². The quantitative estimate of drug-likeness (QED) is 0.657. The Morgan fingerprint density at radius 1 is 0.926 bits per heavy atom. The molecule has 2 aromatic rings. The first-order valence-corrected chi connectivity index (χ1v) is 10.6. The highest BCUT2D eigenvalue weighted by atomic mass is 16.1. The monoisotopic (exact) mass is 361 g/mol. The molecule has 1 saturated carbocycles. The van der Waals surface area contributed by atoms with E-state index in [4.69, 9.17) is 0 Å². The van der Waals surface area contributed by atoms with Crippen LogP contribution in [0.4, 0.5) is 0 Å². The molecule has 0 N–H and O–H groups in total. The van der Waals surface area contributed by atoms with Crippen molar-refractivity contribution in [1.82, 2.24) is 4.90 Å². The Balaban J connectivity index is 1.45. The van der Waals surface area contributed by atoms with E-state index in [9.17, 15) is 4.79 Å². The molecule has 2 heteroatoms. The van der Waals surface area contributed by atoms with Crippen molar-refractivity contribution in [2.24, 2.45) is 5.92 Å². The second-order valence-electron chi connectivity index (χ2n) is 8.41. The van der Waals surface area contributed by atoms with Gasteiger partial charge in [0, 0.05) is 25.1 Å². The van der Waals surface area contributed by atoms with Gasteiger partial charge in [-0.1, -0.05) is 73.5 Å².